The van der Waals surface area contributed by atoms with Crippen LogP contribution >= 0.6 is 0 Å². The van der Waals surface area contributed by atoms with Crippen molar-refractivity contribution in [2.45, 2.75) is 6.54 Å². The molecule has 3 aromatic rings. The third-order valence-corrected chi connectivity index (χ3v) is 2.91. The lowest BCUT2D eigenvalue weighted by Gasteiger charge is -2.11. The number of hydrogen-bond acceptors (Lipinski definition) is 3. The normalized spacial score (nSPS) is 10.6. The summed E-state index contributed by atoms with van der Waals surface area (Å²) in [6, 6.07) is 8.84. The Balaban J connectivity index is 1.82. The fourth-order valence-electron chi connectivity index (χ4n) is 2.02. The molecule has 0 saturated heterocycles. The lowest BCUT2D eigenvalue weighted by atomic mass is 10.2. The molecule has 0 unspecified atom stereocenters. The Morgan fingerprint density at radius 2 is 1.86 bits per heavy atom. The third-order valence-electron chi connectivity index (χ3n) is 2.91. The Bertz CT molecular complexity index is 721. The van der Waals surface area contributed by atoms with Gasteiger partial charge < -0.3 is 5.32 Å². The van der Waals surface area contributed by atoms with Gasteiger partial charge in [0.05, 0.1) is 5.69 Å². The Kier molecular flexibility index (Phi) is 3.59. The number of anilines is 1. The molecular formula is C15H12F2N4. The van der Waals surface area contributed by atoms with Crippen LogP contribution in [0.5, 0.6) is 0 Å². The maximum Gasteiger partial charge on any atom is 0.176 e. The van der Waals surface area contributed by atoms with Gasteiger partial charge in [-0.25, -0.2) is 18.4 Å². The second-order valence-corrected chi connectivity index (χ2v) is 4.46. The zero-order valence-electron chi connectivity index (χ0n) is 11.0. The molecular weight excluding hydrogens is 274 g/mol. The van der Waals surface area contributed by atoms with Crippen LogP contribution in [0.1, 0.15) is 5.56 Å². The van der Waals surface area contributed by atoms with Crippen molar-refractivity contribution in [2.75, 3.05) is 5.32 Å². The van der Waals surface area contributed by atoms with Crippen molar-refractivity contribution in [1.29, 1.82) is 0 Å². The van der Waals surface area contributed by atoms with Crippen molar-refractivity contribution in [2.24, 2.45) is 0 Å². The topological polar surface area (TPSA) is 42.7 Å². The molecule has 0 fully saturated rings. The van der Waals surface area contributed by atoms with Gasteiger partial charge in [-0.1, -0.05) is 0 Å². The molecule has 1 aromatic carbocycles. The summed E-state index contributed by atoms with van der Waals surface area (Å²) >= 11 is 0. The quantitative estimate of drug-likeness (QED) is 0.801. The first kappa shape index (κ1) is 13.2. The predicted octanol–water partition coefficient (Wildman–Crippen LogP) is 3.16. The molecule has 0 aliphatic heterocycles. The maximum absolute atomic E-state index is 13.2. The number of benzene rings is 1. The largest absolute Gasteiger partial charge is 0.378 e. The molecule has 21 heavy (non-hydrogen) atoms. The van der Waals surface area contributed by atoms with Crippen LogP contribution in [0, 0.1) is 11.6 Å². The van der Waals surface area contributed by atoms with E-state index in [-0.39, 0.29) is 6.54 Å². The molecule has 0 amide bonds. The van der Waals surface area contributed by atoms with Gasteiger partial charge in [0.1, 0.15) is 11.6 Å². The van der Waals surface area contributed by atoms with Crippen LogP contribution in [0.25, 0.3) is 5.82 Å². The molecule has 0 spiro atoms. The van der Waals surface area contributed by atoms with Gasteiger partial charge >= 0.3 is 0 Å². The highest BCUT2D eigenvalue weighted by Gasteiger charge is 2.06. The molecule has 0 aliphatic carbocycles. The Hall–Kier alpha value is -2.76. The first-order valence-electron chi connectivity index (χ1n) is 6.36. The van der Waals surface area contributed by atoms with Crippen LogP contribution in [0.4, 0.5) is 14.5 Å². The molecule has 0 radical (unpaired) electrons. The number of aromatic nitrogens is 3. The number of pyridine rings is 1. The number of halogens is 2. The SMILES string of the molecule is Fc1cc(F)cc(CNc2cccnc2-n2cccn2)c1. The van der Waals surface area contributed by atoms with Crippen molar-refractivity contribution in [3.63, 3.8) is 0 Å². The summed E-state index contributed by atoms with van der Waals surface area (Å²) in [6.07, 6.45) is 5.08. The highest BCUT2D eigenvalue weighted by Crippen LogP contribution is 2.17. The van der Waals surface area contributed by atoms with E-state index in [1.54, 1.807) is 35.4 Å². The van der Waals surface area contributed by atoms with Crippen molar-refractivity contribution < 1.29 is 8.78 Å². The fourth-order valence-corrected chi connectivity index (χ4v) is 2.02. The highest BCUT2D eigenvalue weighted by molar-refractivity contribution is 5.56. The number of nitrogens with one attached hydrogen (secondary N) is 1. The smallest absolute Gasteiger partial charge is 0.176 e. The van der Waals surface area contributed by atoms with Gasteiger partial charge in [-0.3, -0.25) is 0 Å². The molecule has 106 valence electrons. The van der Waals surface area contributed by atoms with Crippen molar-refractivity contribution in [3.05, 3.63) is 72.2 Å². The van der Waals surface area contributed by atoms with Gasteiger partial charge in [0.25, 0.3) is 0 Å². The summed E-state index contributed by atoms with van der Waals surface area (Å²) in [5.41, 5.74) is 1.24. The Labute approximate surface area is 120 Å². The van der Waals surface area contributed by atoms with E-state index < -0.39 is 11.6 Å². The molecule has 0 bridgehead atoms. The van der Waals surface area contributed by atoms with E-state index >= 15 is 0 Å². The van der Waals surface area contributed by atoms with Crippen molar-refractivity contribution in [3.8, 4) is 5.82 Å². The summed E-state index contributed by atoms with van der Waals surface area (Å²) in [5, 5.41) is 7.24. The molecule has 1 N–H and O–H groups in total. The molecule has 4 nitrogen and oxygen atoms in total. The molecule has 2 heterocycles. The fraction of sp³-hybridized carbons (Fsp3) is 0.0667. The predicted molar refractivity (Wildman–Crippen MR) is 75.0 cm³/mol. The first-order valence-corrected chi connectivity index (χ1v) is 6.36. The van der Waals surface area contributed by atoms with E-state index in [1.807, 2.05) is 6.07 Å². The van der Waals surface area contributed by atoms with E-state index in [2.05, 4.69) is 15.4 Å². The van der Waals surface area contributed by atoms with Crippen LogP contribution in [0.2, 0.25) is 0 Å². The highest BCUT2D eigenvalue weighted by atomic mass is 19.1. The third kappa shape index (κ3) is 3.05. The van der Waals surface area contributed by atoms with Gasteiger partial charge in [-0.15, -0.1) is 0 Å². The van der Waals surface area contributed by atoms with Gasteiger partial charge in [0.15, 0.2) is 5.82 Å². The Morgan fingerprint density at radius 3 is 2.57 bits per heavy atom. The van der Waals surface area contributed by atoms with Crippen LogP contribution in [0.15, 0.2) is 55.0 Å². The number of hydrogen-bond donors (Lipinski definition) is 1. The van der Waals surface area contributed by atoms with Crippen molar-refractivity contribution in [1.82, 2.24) is 14.8 Å². The minimum Gasteiger partial charge on any atom is -0.378 e. The standard InChI is InChI=1S/C15H12F2N4/c16-12-7-11(8-13(17)9-12)10-19-14-3-1-4-18-15(14)21-6-2-5-20-21/h1-9,19H,10H2. The molecule has 0 saturated carbocycles. The Morgan fingerprint density at radius 1 is 1.05 bits per heavy atom. The molecule has 0 aliphatic rings. The maximum atomic E-state index is 13.2. The molecule has 3 rings (SSSR count). The number of rotatable bonds is 4. The van der Waals surface area contributed by atoms with Crippen LogP contribution in [0.3, 0.4) is 0 Å². The second kappa shape index (κ2) is 5.70. The van der Waals surface area contributed by atoms with Gasteiger partial charge in [0, 0.05) is 31.2 Å². The van der Waals surface area contributed by atoms with Gasteiger partial charge in [0.2, 0.25) is 0 Å². The molecule has 6 heteroatoms. The molecule has 2 aromatic heterocycles. The average Bonchev–Trinajstić information content (AvgIpc) is 2.98. The van der Waals surface area contributed by atoms with Crippen LogP contribution in [-0.2, 0) is 6.54 Å². The van der Waals surface area contributed by atoms with Crippen LogP contribution < -0.4 is 5.32 Å². The van der Waals surface area contributed by atoms with E-state index in [1.165, 1.54) is 12.1 Å². The zero-order chi connectivity index (χ0) is 14.7. The van der Waals surface area contributed by atoms with E-state index in [4.69, 9.17) is 0 Å². The summed E-state index contributed by atoms with van der Waals surface area (Å²) in [4.78, 5) is 4.26. The van der Waals surface area contributed by atoms with E-state index in [0.717, 1.165) is 11.8 Å². The minimum atomic E-state index is -0.592. The molecule has 0 atom stereocenters. The summed E-state index contributed by atoms with van der Waals surface area (Å²) in [7, 11) is 0. The van der Waals surface area contributed by atoms with Crippen molar-refractivity contribution >= 4 is 5.69 Å². The number of nitrogens with zero attached hydrogens (tertiary/aromatic N) is 3. The lowest BCUT2D eigenvalue weighted by Crippen LogP contribution is -2.07. The summed E-state index contributed by atoms with van der Waals surface area (Å²) in [5.74, 6) is -0.560. The van der Waals surface area contributed by atoms with Gasteiger partial charge in [-0.05, 0) is 35.9 Å². The first-order chi connectivity index (χ1) is 10.2. The summed E-state index contributed by atoms with van der Waals surface area (Å²) < 4.78 is 27.9. The second-order valence-electron chi connectivity index (χ2n) is 4.46. The zero-order valence-corrected chi connectivity index (χ0v) is 11.0. The monoisotopic (exact) mass is 286 g/mol. The van der Waals surface area contributed by atoms with Crippen LogP contribution in [-0.4, -0.2) is 14.8 Å². The lowest BCUT2D eigenvalue weighted by molar-refractivity contribution is 0.580. The van der Waals surface area contributed by atoms with E-state index in [9.17, 15) is 8.78 Å². The van der Waals surface area contributed by atoms with E-state index in [0.29, 0.717) is 11.4 Å². The average molecular weight is 286 g/mol. The van der Waals surface area contributed by atoms with Gasteiger partial charge in [-0.2, -0.15) is 5.10 Å². The minimum absolute atomic E-state index is 0.286. The summed E-state index contributed by atoms with van der Waals surface area (Å²) in [6.45, 7) is 0.286.